The number of unbranched alkanes of at least 4 members (excludes halogenated alkanes) is 6. The first kappa shape index (κ1) is 31.0. The van der Waals surface area contributed by atoms with Gasteiger partial charge in [-0.2, -0.15) is 0 Å². The molecule has 0 amide bonds. The third-order valence-electron chi connectivity index (χ3n) is 8.46. The number of halogens is 3. The highest BCUT2D eigenvalue weighted by Gasteiger charge is 2.31. The highest BCUT2D eigenvalue weighted by Crippen LogP contribution is 2.43. The van der Waals surface area contributed by atoms with E-state index in [0.717, 1.165) is 56.6 Å². The number of rotatable bonds is 16. The Morgan fingerprint density at radius 1 is 0.949 bits per heavy atom. The summed E-state index contributed by atoms with van der Waals surface area (Å²) in [5, 5.41) is 8.98. The lowest BCUT2D eigenvalue weighted by atomic mass is 9.71. The molecule has 1 saturated carbocycles. The Morgan fingerprint density at radius 3 is 2.31 bits per heavy atom. The van der Waals surface area contributed by atoms with Crippen LogP contribution in [-0.4, -0.2) is 23.9 Å². The molecule has 1 fully saturated rings. The van der Waals surface area contributed by atoms with Crippen molar-refractivity contribution in [2.75, 3.05) is 6.61 Å². The lowest BCUT2D eigenvalue weighted by molar-refractivity contribution is -0.143. The third-order valence-corrected chi connectivity index (χ3v) is 8.46. The monoisotopic (exact) mass is 546 g/mol. The molecule has 1 N–H and O–H groups in total. The van der Waals surface area contributed by atoms with Crippen LogP contribution in [0.3, 0.4) is 0 Å². The van der Waals surface area contributed by atoms with Crippen LogP contribution >= 0.6 is 0 Å². The minimum absolute atomic E-state index is 0.0660. The van der Waals surface area contributed by atoms with Gasteiger partial charge in [0.25, 0.3) is 0 Å². The predicted octanol–water partition coefficient (Wildman–Crippen LogP) is 9.87. The van der Waals surface area contributed by atoms with E-state index in [1.165, 1.54) is 38.2 Å². The molecule has 3 rings (SSSR count). The number of aliphatic carboxylic acids is 1. The van der Waals surface area contributed by atoms with Crippen molar-refractivity contribution in [1.82, 2.24) is 0 Å². The lowest BCUT2D eigenvalue weighted by Gasteiger charge is -2.34. The molecule has 0 aliphatic heterocycles. The Balaban J connectivity index is 1.69. The van der Waals surface area contributed by atoms with Crippen molar-refractivity contribution in [2.24, 2.45) is 11.8 Å². The van der Waals surface area contributed by atoms with Gasteiger partial charge in [0.15, 0.2) is 17.8 Å². The molecule has 0 spiro atoms. The molecule has 216 valence electrons. The molecule has 0 saturated heterocycles. The van der Waals surface area contributed by atoms with E-state index in [1.807, 2.05) is 25.1 Å². The summed E-state index contributed by atoms with van der Waals surface area (Å²) in [5.41, 5.74) is 1.87. The largest absolute Gasteiger partial charge is 0.493 e. The topological polar surface area (TPSA) is 46.5 Å². The van der Waals surface area contributed by atoms with E-state index in [9.17, 15) is 18.0 Å². The first-order valence-corrected chi connectivity index (χ1v) is 14.9. The number of hydrogen-bond acceptors (Lipinski definition) is 2. The van der Waals surface area contributed by atoms with Gasteiger partial charge in [-0.05, 0) is 74.0 Å². The van der Waals surface area contributed by atoms with Gasteiger partial charge in [-0.25, -0.2) is 18.0 Å². The number of carbonyl (C=O) groups is 1. The smallest absolute Gasteiger partial charge is 0.338 e. The summed E-state index contributed by atoms with van der Waals surface area (Å²) in [6.07, 6.45) is 10.9. The molecule has 2 aromatic rings. The maximum Gasteiger partial charge on any atom is 0.338 e. The summed E-state index contributed by atoms with van der Waals surface area (Å²) in [5.74, 6) is -1.86. The zero-order valence-corrected chi connectivity index (χ0v) is 23.6. The number of alkyl halides is 1. The first-order chi connectivity index (χ1) is 18.8. The second-order valence-electron chi connectivity index (χ2n) is 11.1. The Labute approximate surface area is 232 Å². The van der Waals surface area contributed by atoms with E-state index in [2.05, 4.69) is 6.92 Å². The SMILES string of the molecule is CCCCCCCCCOc1cc([C@H]2CC[C@H](C(CC)C[C@H](F)C(=O)O)CC2)ccc1-c1cccc(F)c1F. The van der Waals surface area contributed by atoms with Gasteiger partial charge in [0.1, 0.15) is 5.75 Å². The minimum Gasteiger partial charge on any atom is -0.493 e. The van der Waals surface area contributed by atoms with Crippen molar-refractivity contribution >= 4 is 5.97 Å². The summed E-state index contributed by atoms with van der Waals surface area (Å²) >= 11 is 0. The molecule has 6 heteroatoms. The van der Waals surface area contributed by atoms with Crippen LogP contribution in [0.25, 0.3) is 11.1 Å². The minimum atomic E-state index is -1.81. The molecule has 2 aromatic carbocycles. The van der Waals surface area contributed by atoms with E-state index in [-0.39, 0.29) is 17.9 Å². The van der Waals surface area contributed by atoms with Crippen LogP contribution < -0.4 is 4.74 Å². The second-order valence-corrected chi connectivity index (χ2v) is 11.1. The molecular weight excluding hydrogens is 501 g/mol. The van der Waals surface area contributed by atoms with Crippen molar-refractivity contribution in [1.29, 1.82) is 0 Å². The van der Waals surface area contributed by atoms with E-state index in [1.54, 1.807) is 6.07 Å². The van der Waals surface area contributed by atoms with E-state index < -0.39 is 23.8 Å². The van der Waals surface area contributed by atoms with Gasteiger partial charge >= 0.3 is 5.97 Å². The molecule has 1 aliphatic carbocycles. The Morgan fingerprint density at radius 2 is 1.64 bits per heavy atom. The molecule has 1 unspecified atom stereocenters. The average molecular weight is 547 g/mol. The van der Waals surface area contributed by atoms with Crippen molar-refractivity contribution in [3.05, 3.63) is 53.6 Å². The molecule has 1 aliphatic rings. The number of hydrogen-bond donors (Lipinski definition) is 1. The van der Waals surface area contributed by atoms with Crippen LogP contribution in [0, 0.1) is 23.5 Å². The van der Waals surface area contributed by atoms with Crippen molar-refractivity contribution < 1.29 is 27.8 Å². The van der Waals surface area contributed by atoms with Crippen molar-refractivity contribution in [3.63, 3.8) is 0 Å². The van der Waals surface area contributed by atoms with Gasteiger partial charge in [0.2, 0.25) is 0 Å². The normalized spacial score (nSPS) is 19.0. The summed E-state index contributed by atoms with van der Waals surface area (Å²) in [4.78, 5) is 11.0. The van der Waals surface area contributed by atoms with Crippen LogP contribution in [0.1, 0.15) is 109 Å². The summed E-state index contributed by atoms with van der Waals surface area (Å²) in [6.45, 7) is 4.74. The van der Waals surface area contributed by atoms with Gasteiger partial charge in [0, 0.05) is 11.1 Å². The Bertz CT molecular complexity index is 1030. The van der Waals surface area contributed by atoms with E-state index >= 15 is 0 Å². The van der Waals surface area contributed by atoms with Crippen LogP contribution in [-0.2, 0) is 4.79 Å². The van der Waals surface area contributed by atoms with Gasteiger partial charge in [-0.3, -0.25) is 0 Å². The molecule has 39 heavy (non-hydrogen) atoms. The van der Waals surface area contributed by atoms with Crippen molar-refractivity contribution in [3.8, 4) is 16.9 Å². The van der Waals surface area contributed by atoms with E-state index in [4.69, 9.17) is 9.84 Å². The zero-order chi connectivity index (χ0) is 28.2. The van der Waals surface area contributed by atoms with Crippen LogP contribution in [0.4, 0.5) is 13.2 Å². The quantitative estimate of drug-likeness (QED) is 0.213. The maximum absolute atomic E-state index is 14.7. The van der Waals surface area contributed by atoms with Gasteiger partial charge in [0.05, 0.1) is 6.61 Å². The Hall–Kier alpha value is -2.50. The fourth-order valence-electron chi connectivity index (χ4n) is 6.07. The lowest BCUT2D eigenvalue weighted by Crippen LogP contribution is -2.26. The van der Waals surface area contributed by atoms with Crippen LogP contribution in [0.2, 0.25) is 0 Å². The number of benzene rings is 2. The van der Waals surface area contributed by atoms with E-state index in [0.29, 0.717) is 29.8 Å². The standard InChI is InChI=1S/C33H45F3O3/c1-3-5-6-7-8-9-10-20-39-31-22-26(18-19-27(31)28-12-11-13-29(34)32(28)36)25-16-14-24(15-17-25)23(4-2)21-30(35)33(37)38/h11-13,18-19,22-25,30H,3-10,14-17,20-21H2,1-2H3,(H,37,38)/t23?,24-,25-,30-/m0/s1. The highest BCUT2D eigenvalue weighted by atomic mass is 19.2. The number of ether oxygens (including phenoxy) is 1. The average Bonchev–Trinajstić information content (AvgIpc) is 2.94. The third kappa shape index (κ3) is 9.01. The fraction of sp³-hybridized carbons (Fsp3) is 0.606. The highest BCUT2D eigenvalue weighted by molar-refractivity contribution is 5.72. The van der Waals surface area contributed by atoms with Gasteiger partial charge in [-0.1, -0.05) is 83.1 Å². The van der Waals surface area contributed by atoms with Crippen LogP contribution in [0.15, 0.2) is 36.4 Å². The summed E-state index contributed by atoms with van der Waals surface area (Å²) in [6, 6.07) is 10.0. The molecule has 0 aromatic heterocycles. The zero-order valence-electron chi connectivity index (χ0n) is 23.6. The van der Waals surface area contributed by atoms with Gasteiger partial charge in [-0.15, -0.1) is 0 Å². The summed E-state index contributed by atoms with van der Waals surface area (Å²) < 4.78 is 48.8. The molecule has 0 heterocycles. The molecule has 0 radical (unpaired) electrons. The molecule has 3 nitrogen and oxygen atoms in total. The maximum atomic E-state index is 14.7. The first-order valence-electron chi connectivity index (χ1n) is 14.9. The fourth-order valence-corrected chi connectivity index (χ4v) is 6.07. The summed E-state index contributed by atoms with van der Waals surface area (Å²) in [7, 11) is 0. The van der Waals surface area contributed by atoms with Crippen molar-refractivity contribution in [2.45, 2.75) is 109 Å². The molecule has 2 atom stereocenters. The predicted molar refractivity (Wildman–Crippen MR) is 151 cm³/mol. The number of carboxylic acids is 1. The Kier molecular flexibility index (Phi) is 12.7. The molecular formula is C33H45F3O3. The number of carboxylic acid groups (broad SMARTS) is 1. The van der Waals surface area contributed by atoms with Crippen LogP contribution in [0.5, 0.6) is 5.75 Å². The van der Waals surface area contributed by atoms with Gasteiger partial charge < -0.3 is 9.84 Å². The molecule has 0 bridgehead atoms. The second kappa shape index (κ2) is 15.9.